The molecule has 254 valence electrons. The molecule has 0 saturated carbocycles. The van der Waals surface area contributed by atoms with Gasteiger partial charge in [0.15, 0.2) is 0 Å². The molecule has 0 bridgehead atoms. The van der Waals surface area contributed by atoms with Crippen molar-refractivity contribution in [2.24, 2.45) is 0 Å². The van der Waals surface area contributed by atoms with E-state index >= 15 is 0 Å². The molecule has 4 aromatic carbocycles. The summed E-state index contributed by atoms with van der Waals surface area (Å²) < 4.78 is 40.9. The number of hydrogen-bond acceptors (Lipinski definition) is 6. The molecule has 0 spiro atoms. The Morgan fingerprint density at radius 3 is 2.06 bits per heavy atom. The van der Waals surface area contributed by atoms with Gasteiger partial charge in [0, 0.05) is 24.6 Å². The van der Waals surface area contributed by atoms with Crippen molar-refractivity contribution < 1.29 is 27.5 Å². The van der Waals surface area contributed by atoms with Crippen LogP contribution >= 0.6 is 0 Å². The summed E-state index contributed by atoms with van der Waals surface area (Å²) in [7, 11) is -1.42. The van der Waals surface area contributed by atoms with Crippen LogP contribution in [0.5, 0.6) is 11.5 Å². The van der Waals surface area contributed by atoms with E-state index in [1.165, 1.54) is 37.3 Å². The van der Waals surface area contributed by atoms with Gasteiger partial charge in [-0.25, -0.2) is 8.42 Å². The van der Waals surface area contributed by atoms with E-state index in [4.69, 9.17) is 9.47 Å². The van der Waals surface area contributed by atoms with Gasteiger partial charge in [-0.3, -0.25) is 13.9 Å². The van der Waals surface area contributed by atoms with E-state index in [1.807, 2.05) is 89.2 Å². The summed E-state index contributed by atoms with van der Waals surface area (Å²) in [6.07, 6.45) is 0.216. The molecule has 4 rings (SSSR count). The van der Waals surface area contributed by atoms with Crippen molar-refractivity contribution in [2.45, 2.75) is 64.1 Å². The number of nitrogens with one attached hydrogen (secondary N) is 1. The fourth-order valence-electron chi connectivity index (χ4n) is 5.36. The Balaban J connectivity index is 1.88. The molecule has 0 fully saturated rings. The summed E-state index contributed by atoms with van der Waals surface area (Å²) in [5, 5.41) is 3.05. The van der Waals surface area contributed by atoms with E-state index in [2.05, 4.69) is 5.32 Å². The number of amides is 2. The van der Waals surface area contributed by atoms with E-state index in [0.717, 1.165) is 26.6 Å². The second-order valence-corrected chi connectivity index (χ2v) is 14.7. The first-order valence-electron chi connectivity index (χ1n) is 15.7. The number of carbonyl (C=O) groups is 2. The van der Waals surface area contributed by atoms with Crippen LogP contribution in [0, 0.1) is 13.8 Å². The first-order chi connectivity index (χ1) is 22.7. The molecule has 0 heterocycles. The van der Waals surface area contributed by atoms with E-state index in [0.29, 0.717) is 5.75 Å². The number of hydrogen-bond donors (Lipinski definition) is 1. The lowest BCUT2D eigenvalue weighted by Gasteiger charge is -2.35. The van der Waals surface area contributed by atoms with Crippen molar-refractivity contribution >= 4 is 27.5 Å². The maximum Gasteiger partial charge on any atom is 0.264 e. The summed E-state index contributed by atoms with van der Waals surface area (Å²) in [6.45, 7) is 8.91. The molecular weight excluding hydrogens is 627 g/mol. The quantitative estimate of drug-likeness (QED) is 0.185. The fraction of sp³-hybridized carbons (Fsp3) is 0.316. The molecule has 0 aliphatic heterocycles. The maximum atomic E-state index is 14.8. The molecule has 0 unspecified atom stereocenters. The normalized spacial score (nSPS) is 12.1. The van der Waals surface area contributed by atoms with Crippen molar-refractivity contribution in [2.75, 3.05) is 25.1 Å². The summed E-state index contributed by atoms with van der Waals surface area (Å²) in [6, 6.07) is 27.4. The highest BCUT2D eigenvalue weighted by Crippen LogP contribution is 2.36. The van der Waals surface area contributed by atoms with Crippen molar-refractivity contribution in [3.8, 4) is 11.5 Å². The highest BCUT2D eigenvalue weighted by molar-refractivity contribution is 7.92. The molecule has 9 nitrogen and oxygen atoms in total. The van der Waals surface area contributed by atoms with Crippen LogP contribution in [0.3, 0.4) is 0 Å². The zero-order chi connectivity index (χ0) is 35.1. The molecule has 48 heavy (non-hydrogen) atoms. The highest BCUT2D eigenvalue weighted by Gasteiger charge is 2.36. The zero-order valence-electron chi connectivity index (χ0n) is 28.7. The van der Waals surface area contributed by atoms with Crippen LogP contribution < -0.4 is 19.1 Å². The summed E-state index contributed by atoms with van der Waals surface area (Å²) in [5.74, 6) is -0.303. The lowest BCUT2D eigenvalue weighted by atomic mass is 10.0. The average Bonchev–Trinajstić information content (AvgIpc) is 3.04. The minimum Gasteiger partial charge on any atom is -0.497 e. The van der Waals surface area contributed by atoms with Crippen LogP contribution in [-0.4, -0.2) is 57.5 Å². The Kier molecular flexibility index (Phi) is 11.5. The molecule has 4 aromatic rings. The lowest BCUT2D eigenvalue weighted by molar-refractivity contribution is -0.140. The Labute approximate surface area is 284 Å². The molecule has 0 radical (unpaired) electrons. The van der Waals surface area contributed by atoms with Crippen LogP contribution in [0.4, 0.5) is 5.69 Å². The van der Waals surface area contributed by atoms with Gasteiger partial charge in [0.25, 0.3) is 10.0 Å². The predicted molar refractivity (Wildman–Crippen MR) is 189 cm³/mol. The largest absolute Gasteiger partial charge is 0.497 e. The van der Waals surface area contributed by atoms with Gasteiger partial charge in [0.1, 0.15) is 24.1 Å². The van der Waals surface area contributed by atoms with Crippen molar-refractivity contribution in [1.82, 2.24) is 10.2 Å². The molecule has 10 heteroatoms. The monoisotopic (exact) mass is 671 g/mol. The zero-order valence-corrected chi connectivity index (χ0v) is 29.5. The molecule has 0 aliphatic rings. The van der Waals surface area contributed by atoms with Gasteiger partial charge in [-0.15, -0.1) is 0 Å². The van der Waals surface area contributed by atoms with Gasteiger partial charge in [0.2, 0.25) is 11.8 Å². The fourth-order valence-corrected chi connectivity index (χ4v) is 6.77. The molecule has 1 atom stereocenters. The second-order valence-electron chi connectivity index (χ2n) is 12.8. The molecule has 0 aliphatic carbocycles. The first kappa shape index (κ1) is 36.0. The summed E-state index contributed by atoms with van der Waals surface area (Å²) >= 11 is 0. The van der Waals surface area contributed by atoms with Gasteiger partial charge >= 0.3 is 0 Å². The van der Waals surface area contributed by atoms with E-state index in [-0.39, 0.29) is 35.2 Å². The summed E-state index contributed by atoms with van der Waals surface area (Å²) in [5.41, 5.74) is 3.07. The molecule has 2 amide bonds. The average molecular weight is 672 g/mol. The smallest absolute Gasteiger partial charge is 0.264 e. The Morgan fingerprint density at radius 1 is 0.792 bits per heavy atom. The number of ether oxygens (including phenoxy) is 2. The van der Waals surface area contributed by atoms with Crippen molar-refractivity contribution in [3.05, 3.63) is 119 Å². The third-order valence-electron chi connectivity index (χ3n) is 7.75. The Morgan fingerprint density at radius 2 is 1.46 bits per heavy atom. The summed E-state index contributed by atoms with van der Waals surface area (Å²) in [4.78, 5) is 30.3. The van der Waals surface area contributed by atoms with Crippen molar-refractivity contribution in [1.29, 1.82) is 0 Å². The van der Waals surface area contributed by atoms with Crippen LogP contribution in [0.1, 0.15) is 43.0 Å². The third-order valence-corrected chi connectivity index (χ3v) is 9.52. The first-order valence-corrected chi connectivity index (χ1v) is 17.2. The predicted octanol–water partition coefficient (Wildman–Crippen LogP) is 6.07. The highest BCUT2D eigenvalue weighted by atomic mass is 32.2. The standard InChI is InChI=1S/C38H45N3O6S/c1-27-16-19-32(20-17-27)48(44,45)41(33-24-31(46-6)18-21-35(33)47-7)26-36(42)40(25-30-15-11-12-28(2)22-30)34(37(43)39-38(3,4)5)23-29-13-9-8-10-14-29/h8-22,24,34H,23,25-26H2,1-7H3,(H,39,43)/t34-/m1/s1. The number of methoxy groups -OCH3 is 2. The minimum atomic E-state index is -4.32. The van der Waals surface area contributed by atoms with Gasteiger partial charge in [0.05, 0.1) is 24.8 Å². The lowest BCUT2D eigenvalue weighted by Crippen LogP contribution is -2.56. The van der Waals surface area contributed by atoms with Crippen LogP contribution in [0.2, 0.25) is 0 Å². The molecular formula is C38H45N3O6S. The Bertz CT molecular complexity index is 1820. The SMILES string of the molecule is COc1ccc(OC)c(N(CC(=O)N(Cc2cccc(C)c2)[C@H](Cc2ccccc2)C(=O)NC(C)(C)C)S(=O)(=O)c2ccc(C)cc2)c1. The Hall–Kier alpha value is -4.83. The van der Waals surface area contributed by atoms with E-state index < -0.39 is 34.1 Å². The van der Waals surface area contributed by atoms with E-state index in [1.54, 1.807) is 24.3 Å². The third kappa shape index (κ3) is 9.16. The number of benzene rings is 4. The number of sulfonamides is 1. The number of aryl methyl sites for hydroxylation is 2. The maximum absolute atomic E-state index is 14.8. The molecule has 1 N–H and O–H groups in total. The number of carbonyl (C=O) groups excluding carboxylic acids is 2. The van der Waals surface area contributed by atoms with E-state index in [9.17, 15) is 18.0 Å². The van der Waals surface area contributed by atoms with Crippen molar-refractivity contribution in [3.63, 3.8) is 0 Å². The van der Waals surface area contributed by atoms with Crippen LogP contribution in [0.15, 0.2) is 102 Å². The second kappa shape index (κ2) is 15.4. The van der Waals surface area contributed by atoms with Crippen LogP contribution in [0.25, 0.3) is 0 Å². The number of nitrogens with zero attached hydrogens (tertiary/aromatic N) is 2. The van der Waals surface area contributed by atoms with Gasteiger partial charge in [-0.1, -0.05) is 77.9 Å². The molecule has 0 saturated heterocycles. The number of anilines is 1. The molecule has 0 aromatic heterocycles. The number of rotatable bonds is 13. The van der Waals surface area contributed by atoms with Gasteiger partial charge in [-0.2, -0.15) is 0 Å². The minimum absolute atomic E-state index is 0.00215. The van der Waals surface area contributed by atoms with Crippen LogP contribution in [-0.2, 0) is 32.6 Å². The van der Waals surface area contributed by atoms with Gasteiger partial charge in [-0.05, 0) is 70.0 Å². The van der Waals surface area contributed by atoms with Gasteiger partial charge < -0.3 is 19.7 Å². The topological polar surface area (TPSA) is 105 Å².